The van der Waals surface area contributed by atoms with Gasteiger partial charge in [-0.15, -0.1) is 0 Å². The van der Waals surface area contributed by atoms with Crippen molar-refractivity contribution in [2.24, 2.45) is 5.92 Å². The van der Waals surface area contributed by atoms with Gasteiger partial charge >= 0.3 is 0 Å². The highest BCUT2D eigenvalue weighted by Gasteiger charge is 2.32. The number of amides is 2. The molecule has 0 bridgehead atoms. The summed E-state index contributed by atoms with van der Waals surface area (Å²) < 4.78 is 0. The molecule has 6 heteroatoms. The van der Waals surface area contributed by atoms with E-state index < -0.39 is 0 Å². The van der Waals surface area contributed by atoms with Crippen LogP contribution in [0.3, 0.4) is 0 Å². The second-order valence-corrected chi connectivity index (χ2v) is 5.51. The normalized spacial score (nSPS) is 22.3. The third kappa shape index (κ3) is 2.79. The molecule has 0 saturated carbocycles. The zero-order valence-electron chi connectivity index (χ0n) is 11.8. The van der Waals surface area contributed by atoms with E-state index in [0.29, 0.717) is 39.1 Å². The third-order valence-electron chi connectivity index (χ3n) is 4.14. The smallest absolute Gasteiger partial charge is 0.228 e. The molecule has 6 nitrogen and oxygen atoms in total. The summed E-state index contributed by atoms with van der Waals surface area (Å²) in [5, 5.41) is 12.6. The van der Waals surface area contributed by atoms with Crippen LogP contribution >= 0.6 is 0 Å². The Morgan fingerprint density at radius 3 is 2.52 bits per heavy atom. The Hall–Kier alpha value is -2.24. The van der Waals surface area contributed by atoms with Gasteiger partial charge in [0.2, 0.25) is 11.8 Å². The van der Waals surface area contributed by atoms with Crippen LogP contribution in [0.2, 0.25) is 0 Å². The highest BCUT2D eigenvalue weighted by atomic mass is 16.3. The summed E-state index contributed by atoms with van der Waals surface area (Å²) in [5.74, 6) is 0.0727. The van der Waals surface area contributed by atoms with E-state index in [-0.39, 0.29) is 23.5 Å². The van der Waals surface area contributed by atoms with E-state index >= 15 is 0 Å². The van der Waals surface area contributed by atoms with E-state index in [1.165, 1.54) is 0 Å². The SMILES string of the molecule is O=C1C[C@@H](C(=O)N2CCN(c3ccccc3O)CC2)CN1. The van der Waals surface area contributed by atoms with E-state index in [0.717, 1.165) is 5.69 Å². The van der Waals surface area contributed by atoms with Gasteiger partial charge < -0.3 is 20.2 Å². The van der Waals surface area contributed by atoms with Gasteiger partial charge in [0.25, 0.3) is 0 Å². The summed E-state index contributed by atoms with van der Waals surface area (Å²) in [4.78, 5) is 27.4. The molecule has 2 aliphatic heterocycles. The number of benzene rings is 1. The fourth-order valence-electron chi connectivity index (χ4n) is 2.94. The Morgan fingerprint density at radius 1 is 1.19 bits per heavy atom. The first-order chi connectivity index (χ1) is 10.1. The minimum atomic E-state index is -0.214. The number of hydrogen-bond acceptors (Lipinski definition) is 4. The largest absolute Gasteiger partial charge is 0.506 e. The van der Waals surface area contributed by atoms with Crippen molar-refractivity contribution in [3.8, 4) is 5.75 Å². The van der Waals surface area contributed by atoms with Crippen LogP contribution in [-0.2, 0) is 9.59 Å². The predicted octanol–water partition coefficient (Wildman–Crippen LogP) is 0.177. The number of anilines is 1. The number of phenols is 1. The van der Waals surface area contributed by atoms with Gasteiger partial charge in [0.1, 0.15) is 5.75 Å². The Morgan fingerprint density at radius 2 is 1.90 bits per heavy atom. The molecule has 0 aliphatic carbocycles. The number of nitrogens with zero attached hydrogens (tertiary/aromatic N) is 2. The van der Waals surface area contributed by atoms with Crippen LogP contribution in [0.1, 0.15) is 6.42 Å². The van der Waals surface area contributed by atoms with Gasteiger partial charge in [-0.05, 0) is 12.1 Å². The minimum absolute atomic E-state index is 0.0406. The lowest BCUT2D eigenvalue weighted by atomic mass is 10.1. The lowest BCUT2D eigenvalue weighted by Crippen LogP contribution is -2.50. The van der Waals surface area contributed by atoms with E-state index in [1.807, 2.05) is 17.0 Å². The highest BCUT2D eigenvalue weighted by Crippen LogP contribution is 2.27. The predicted molar refractivity (Wildman–Crippen MR) is 78.0 cm³/mol. The third-order valence-corrected chi connectivity index (χ3v) is 4.14. The molecule has 0 radical (unpaired) electrons. The van der Waals surface area contributed by atoms with Crippen LogP contribution in [-0.4, -0.2) is 54.5 Å². The monoisotopic (exact) mass is 289 g/mol. The molecular formula is C15H19N3O3. The van der Waals surface area contributed by atoms with Crippen LogP contribution in [0.5, 0.6) is 5.75 Å². The molecule has 21 heavy (non-hydrogen) atoms. The average molecular weight is 289 g/mol. The zero-order chi connectivity index (χ0) is 14.8. The van der Waals surface area contributed by atoms with Gasteiger partial charge in [-0.1, -0.05) is 12.1 Å². The maximum atomic E-state index is 12.3. The molecule has 0 aromatic heterocycles. The van der Waals surface area contributed by atoms with Crippen LogP contribution in [0.4, 0.5) is 5.69 Å². The molecule has 1 atom stereocenters. The Bertz CT molecular complexity index is 553. The number of carbonyl (C=O) groups is 2. The number of hydrogen-bond donors (Lipinski definition) is 2. The minimum Gasteiger partial charge on any atom is -0.506 e. The van der Waals surface area contributed by atoms with Crippen molar-refractivity contribution in [1.82, 2.24) is 10.2 Å². The number of aromatic hydroxyl groups is 1. The molecule has 2 fully saturated rings. The first-order valence-electron chi connectivity index (χ1n) is 7.23. The Kier molecular flexibility index (Phi) is 3.68. The van der Waals surface area contributed by atoms with Crippen LogP contribution in [0.25, 0.3) is 0 Å². The van der Waals surface area contributed by atoms with E-state index in [1.54, 1.807) is 12.1 Å². The molecule has 3 rings (SSSR count). The highest BCUT2D eigenvalue weighted by molar-refractivity contribution is 5.89. The average Bonchev–Trinajstić information content (AvgIpc) is 2.94. The maximum absolute atomic E-state index is 12.3. The fourth-order valence-corrected chi connectivity index (χ4v) is 2.94. The van der Waals surface area contributed by atoms with Crippen molar-refractivity contribution < 1.29 is 14.7 Å². The summed E-state index contributed by atoms with van der Waals surface area (Å²) in [6.07, 6.45) is 0.304. The molecule has 0 spiro atoms. The quantitative estimate of drug-likeness (QED) is 0.814. The van der Waals surface area contributed by atoms with Crippen molar-refractivity contribution in [1.29, 1.82) is 0 Å². The van der Waals surface area contributed by atoms with E-state index in [2.05, 4.69) is 10.2 Å². The molecule has 2 saturated heterocycles. The van der Waals surface area contributed by atoms with Crippen molar-refractivity contribution in [3.63, 3.8) is 0 Å². The van der Waals surface area contributed by atoms with Crippen LogP contribution in [0.15, 0.2) is 24.3 Å². The second-order valence-electron chi connectivity index (χ2n) is 5.51. The first-order valence-corrected chi connectivity index (χ1v) is 7.23. The lowest BCUT2D eigenvalue weighted by Gasteiger charge is -2.37. The van der Waals surface area contributed by atoms with Gasteiger partial charge in [0.15, 0.2) is 0 Å². The molecule has 112 valence electrons. The molecule has 2 aliphatic rings. The number of nitrogens with one attached hydrogen (secondary N) is 1. The van der Waals surface area contributed by atoms with Gasteiger partial charge in [0.05, 0.1) is 11.6 Å². The second kappa shape index (κ2) is 5.63. The van der Waals surface area contributed by atoms with Gasteiger partial charge in [-0.2, -0.15) is 0 Å². The molecule has 1 aromatic carbocycles. The molecule has 2 N–H and O–H groups in total. The molecule has 0 unspecified atom stereocenters. The van der Waals surface area contributed by atoms with E-state index in [4.69, 9.17) is 0 Å². The number of carbonyl (C=O) groups excluding carboxylic acids is 2. The summed E-state index contributed by atoms with van der Waals surface area (Å²) in [5.41, 5.74) is 0.808. The van der Waals surface area contributed by atoms with E-state index in [9.17, 15) is 14.7 Å². The van der Waals surface area contributed by atoms with Gasteiger partial charge in [-0.3, -0.25) is 9.59 Å². The van der Waals surface area contributed by atoms with Gasteiger partial charge in [0, 0.05) is 39.1 Å². The van der Waals surface area contributed by atoms with Crippen molar-refractivity contribution in [2.75, 3.05) is 37.6 Å². The fraction of sp³-hybridized carbons (Fsp3) is 0.467. The Labute approximate surface area is 123 Å². The summed E-state index contributed by atoms with van der Waals surface area (Å²) in [6, 6.07) is 7.24. The zero-order valence-corrected chi connectivity index (χ0v) is 11.8. The van der Waals surface area contributed by atoms with Crippen molar-refractivity contribution in [2.45, 2.75) is 6.42 Å². The standard InChI is InChI=1S/C15H19N3O3/c19-13-4-2-1-3-12(13)17-5-7-18(8-6-17)15(21)11-9-14(20)16-10-11/h1-4,11,19H,5-10H2,(H,16,20)/t11-/m1/s1. The van der Waals surface area contributed by atoms with Crippen LogP contribution in [0, 0.1) is 5.92 Å². The number of piperazine rings is 1. The maximum Gasteiger partial charge on any atom is 0.228 e. The molecule has 2 amide bonds. The van der Waals surface area contributed by atoms with Crippen molar-refractivity contribution >= 4 is 17.5 Å². The van der Waals surface area contributed by atoms with Crippen molar-refractivity contribution in [3.05, 3.63) is 24.3 Å². The molecule has 1 aromatic rings. The van der Waals surface area contributed by atoms with Gasteiger partial charge in [-0.25, -0.2) is 0 Å². The number of phenolic OH excluding ortho intramolecular Hbond substituents is 1. The number of rotatable bonds is 2. The molecule has 2 heterocycles. The Balaban J connectivity index is 1.59. The summed E-state index contributed by atoms with van der Waals surface area (Å²) in [6.45, 7) is 3.09. The first kappa shape index (κ1) is 13.7. The number of para-hydroxylation sites is 2. The topological polar surface area (TPSA) is 72.9 Å². The molecular weight excluding hydrogens is 270 g/mol. The summed E-state index contributed by atoms with van der Waals surface area (Å²) >= 11 is 0. The summed E-state index contributed by atoms with van der Waals surface area (Å²) in [7, 11) is 0. The lowest BCUT2D eigenvalue weighted by molar-refractivity contribution is -0.136. The van der Waals surface area contributed by atoms with Crippen LogP contribution < -0.4 is 10.2 Å².